The van der Waals surface area contributed by atoms with Crippen molar-refractivity contribution in [2.24, 2.45) is 0 Å². The number of pyridine rings is 1. The SMILES string of the molecule is Cc1ccc(-n2nc(-c3ccccc3)c3c2N(CC(=O)NCc2cccnc2)C(=O)CS[C@H]3c2ccccc2C)cc1. The normalized spacial score (nSPS) is 14.8. The smallest absolute Gasteiger partial charge is 0.240 e. The van der Waals surface area contributed by atoms with Crippen molar-refractivity contribution in [3.8, 4) is 16.9 Å². The van der Waals surface area contributed by atoms with Gasteiger partial charge in [0.1, 0.15) is 12.4 Å². The molecule has 0 bridgehead atoms. The molecule has 7 nitrogen and oxygen atoms in total. The van der Waals surface area contributed by atoms with Gasteiger partial charge in [-0.25, -0.2) is 4.68 Å². The Kier molecular flexibility index (Phi) is 7.88. The van der Waals surface area contributed by atoms with Gasteiger partial charge in [-0.3, -0.25) is 19.5 Å². The molecule has 2 amide bonds. The zero-order valence-corrected chi connectivity index (χ0v) is 24.3. The Morgan fingerprint density at radius 3 is 2.45 bits per heavy atom. The summed E-state index contributed by atoms with van der Waals surface area (Å²) in [5, 5.41) is 7.97. The molecule has 0 radical (unpaired) electrons. The van der Waals surface area contributed by atoms with Crippen molar-refractivity contribution < 1.29 is 9.59 Å². The largest absolute Gasteiger partial charge is 0.350 e. The molecule has 5 aromatic rings. The molecule has 1 N–H and O–H groups in total. The van der Waals surface area contributed by atoms with Gasteiger partial charge in [0.05, 0.1) is 22.4 Å². The number of nitrogens with zero attached hydrogens (tertiary/aromatic N) is 4. The van der Waals surface area contributed by atoms with E-state index in [4.69, 9.17) is 5.10 Å². The number of nitrogens with one attached hydrogen (secondary N) is 1. The number of benzene rings is 3. The van der Waals surface area contributed by atoms with Crippen molar-refractivity contribution in [2.75, 3.05) is 17.2 Å². The van der Waals surface area contributed by atoms with Gasteiger partial charge in [0.25, 0.3) is 0 Å². The van der Waals surface area contributed by atoms with E-state index in [9.17, 15) is 9.59 Å². The van der Waals surface area contributed by atoms with Crippen LogP contribution in [0.25, 0.3) is 16.9 Å². The maximum atomic E-state index is 13.9. The van der Waals surface area contributed by atoms with Crippen molar-refractivity contribution in [1.29, 1.82) is 0 Å². The second-order valence-electron chi connectivity index (χ2n) is 10.4. The molecule has 0 aliphatic carbocycles. The van der Waals surface area contributed by atoms with E-state index in [-0.39, 0.29) is 29.4 Å². The Labute approximate surface area is 249 Å². The highest BCUT2D eigenvalue weighted by Crippen LogP contribution is 2.49. The van der Waals surface area contributed by atoms with Crippen LogP contribution in [0.15, 0.2) is 103 Å². The van der Waals surface area contributed by atoms with E-state index in [1.54, 1.807) is 29.1 Å². The topological polar surface area (TPSA) is 80.1 Å². The highest BCUT2D eigenvalue weighted by Gasteiger charge is 2.38. The van der Waals surface area contributed by atoms with Crippen LogP contribution in [0.2, 0.25) is 0 Å². The Bertz CT molecular complexity index is 1720. The summed E-state index contributed by atoms with van der Waals surface area (Å²) in [4.78, 5) is 33.0. The predicted molar refractivity (Wildman–Crippen MR) is 168 cm³/mol. The fourth-order valence-electron chi connectivity index (χ4n) is 5.22. The van der Waals surface area contributed by atoms with Gasteiger partial charge < -0.3 is 5.32 Å². The van der Waals surface area contributed by atoms with Crippen LogP contribution in [0.4, 0.5) is 5.82 Å². The van der Waals surface area contributed by atoms with E-state index in [0.29, 0.717) is 12.4 Å². The van der Waals surface area contributed by atoms with Gasteiger partial charge in [-0.15, -0.1) is 11.8 Å². The molecule has 0 saturated heterocycles. The van der Waals surface area contributed by atoms with Gasteiger partial charge >= 0.3 is 0 Å². The molecule has 2 aromatic heterocycles. The maximum Gasteiger partial charge on any atom is 0.240 e. The number of thioether (sulfide) groups is 1. The Morgan fingerprint density at radius 2 is 1.71 bits per heavy atom. The molecule has 8 heteroatoms. The third-order valence-corrected chi connectivity index (χ3v) is 8.64. The van der Waals surface area contributed by atoms with E-state index < -0.39 is 0 Å². The molecule has 0 saturated carbocycles. The lowest BCUT2D eigenvalue weighted by molar-refractivity contribution is -0.123. The molecule has 3 aromatic carbocycles. The molecule has 1 aliphatic heterocycles. The summed E-state index contributed by atoms with van der Waals surface area (Å²) in [5.74, 6) is 0.459. The predicted octanol–water partition coefficient (Wildman–Crippen LogP) is 6.04. The Morgan fingerprint density at radius 1 is 0.952 bits per heavy atom. The van der Waals surface area contributed by atoms with E-state index in [0.717, 1.165) is 44.8 Å². The third-order valence-electron chi connectivity index (χ3n) is 7.40. The maximum absolute atomic E-state index is 13.9. The van der Waals surface area contributed by atoms with E-state index in [1.165, 1.54) is 0 Å². The lowest BCUT2D eigenvalue weighted by Crippen LogP contribution is -2.42. The monoisotopic (exact) mass is 573 g/mol. The molecule has 210 valence electrons. The minimum Gasteiger partial charge on any atom is -0.350 e. The minimum atomic E-state index is -0.254. The summed E-state index contributed by atoms with van der Waals surface area (Å²) in [6.45, 7) is 4.34. The number of anilines is 1. The second-order valence-corrected chi connectivity index (χ2v) is 11.5. The average Bonchev–Trinajstić information content (AvgIpc) is 3.34. The number of aromatic nitrogens is 3. The highest BCUT2D eigenvalue weighted by atomic mass is 32.2. The number of fused-ring (bicyclic) bond motifs is 1. The standard InChI is InChI=1S/C34H31N5O2S/c1-23-14-16-27(17-15-23)39-34-31(32(37-39)26-11-4-3-5-12-26)33(28-13-7-6-9-24(28)2)42-22-30(41)38(34)21-29(40)36-20-25-10-8-18-35-19-25/h3-19,33H,20-22H2,1-2H3,(H,36,40)/t33-/m0/s1. The zero-order valence-electron chi connectivity index (χ0n) is 23.5. The molecular formula is C34H31N5O2S. The van der Waals surface area contributed by atoms with Gasteiger partial charge in [-0.2, -0.15) is 5.10 Å². The molecule has 3 heterocycles. The fourth-order valence-corrected chi connectivity index (χ4v) is 6.52. The third kappa shape index (κ3) is 5.58. The molecule has 0 fully saturated rings. The zero-order chi connectivity index (χ0) is 29.1. The second kappa shape index (κ2) is 12.0. The first-order valence-corrected chi connectivity index (χ1v) is 14.9. The molecule has 1 atom stereocenters. The van der Waals surface area contributed by atoms with Crippen LogP contribution in [0.5, 0.6) is 0 Å². The lowest BCUT2D eigenvalue weighted by Gasteiger charge is -2.23. The van der Waals surface area contributed by atoms with Crippen molar-refractivity contribution in [1.82, 2.24) is 20.1 Å². The first-order chi connectivity index (χ1) is 20.5. The number of amides is 2. The number of rotatable bonds is 7. The Balaban J connectivity index is 1.52. The van der Waals surface area contributed by atoms with Crippen molar-refractivity contribution in [3.05, 3.63) is 131 Å². The van der Waals surface area contributed by atoms with Crippen LogP contribution in [-0.2, 0) is 16.1 Å². The summed E-state index contributed by atoms with van der Waals surface area (Å²) in [6.07, 6.45) is 3.42. The van der Waals surface area contributed by atoms with Crippen LogP contribution in [0.1, 0.15) is 33.1 Å². The lowest BCUT2D eigenvalue weighted by atomic mass is 9.97. The van der Waals surface area contributed by atoms with Gasteiger partial charge in [-0.05, 0) is 48.7 Å². The molecule has 0 spiro atoms. The van der Waals surface area contributed by atoms with Crippen molar-refractivity contribution in [3.63, 3.8) is 0 Å². The van der Waals surface area contributed by atoms with E-state index in [1.807, 2.05) is 90.5 Å². The van der Waals surface area contributed by atoms with Crippen LogP contribution in [0.3, 0.4) is 0 Å². The van der Waals surface area contributed by atoms with Crippen LogP contribution >= 0.6 is 11.8 Å². The Hall–Kier alpha value is -4.69. The van der Waals surface area contributed by atoms with E-state index >= 15 is 0 Å². The van der Waals surface area contributed by atoms with Crippen molar-refractivity contribution >= 4 is 29.4 Å². The summed E-state index contributed by atoms with van der Waals surface area (Å²) in [6, 6.07) is 30.1. The van der Waals surface area contributed by atoms with Crippen LogP contribution in [0, 0.1) is 13.8 Å². The summed E-state index contributed by atoms with van der Waals surface area (Å²) in [7, 11) is 0. The number of carbonyl (C=O) groups is 2. The number of hydrogen-bond acceptors (Lipinski definition) is 5. The average molecular weight is 574 g/mol. The van der Waals surface area contributed by atoms with Gasteiger partial charge in [-0.1, -0.05) is 78.4 Å². The molecule has 0 unspecified atom stereocenters. The number of hydrogen-bond donors (Lipinski definition) is 1. The van der Waals surface area contributed by atoms with Crippen LogP contribution < -0.4 is 10.2 Å². The first kappa shape index (κ1) is 27.5. The number of carbonyl (C=O) groups excluding carboxylic acids is 2. The minimum absolute atomic E-state index is 0.126. The molecule has 1 aliphatic rings. The molecular weight excluding hydrogens is 542 g/mol. The van der Waals surface area contributed by atoms with Gasteiger partial charge in [0.15, 0.2) is 0 Å². The number of aryl methyl sites for hydroxylation is 2. The highest BCUT2D eigenvalue weighted by molar-refractivity contribution is 8.00. The van der Waals surface area contributed by atoms with Gasteiger partial charge in [0.2, 0.25) is 11.8 Å². The van der Waals surface area contributed by atoms with Gasteiger partial charge in [0, 0.05) is 30.1 Å². The summed E-state index contributed by atoms with van der Waals surface area (Å²) < 4.78 is 1.83. The molecule has 42 heavy (non-hydrogen) atoms. The molecule has 6 rings (SSSR count). The summed E-state index contributed by atoms with van der Waals surface area (Å²) in [5.41, 5.74) is 7.76. The van der Waals surface area contributed by atoms with Crippen molar-refractivity contribution in [2.45, 2.75) is 25.6 Å². The van der Waals surface area contributed by atoms with Crippen LogP contribution in [-0.4, -0.2) is 38.9 Å². The quantitative estimate of drug-likeness (QED) is 0.257. The first-order valence-electron chi connectivity index (χ1n) is 13.9. The summed E-state index contributed by atoms with van der Waals surface area (Å²) >= 11 is 1.58. The van der Waals surface area contributed by atoms with E-state index in [2.05, 4.69) is 29.4 Å². The fraction of sp³-hybridized carbons (Fsp3) is 0.176.